The average molecular weight is 270 g/mol. The molecule has 104 valence electrons. The quantitative estimate of drug-likeness (QED) is 0.587. The molecule has 1 unspecified atom stereocenters. The summed E-state index contributed by atoms with van der Waals surface area (Å²) in [7, 11) is 0. The molecule has 0 spiro atoms. The number of hydrogen-bond donors (Lipinski definition) is 3. The third kappa shape index (κ3) is 2.02. The fourth-order valence-corrected chi connectivity index (χ4v) is 2.32. The van der Waals surface area contributed by atoms with Crippen molar-refractivity contribution >= 4 is 0 Å². The van der Waals surface area contributed by atoms with E-state index in [-0.39, 0.29) is 25.5 Å². The Morgan fingerprint density at radius 2 is 2.26 bits per heavy atom. The zero-order valence-electron chi connectivity index (χ0n) is 9.97. The summed E-state index contributed by atoms with van der Waals surface area (Å²) in [5, 5.41) is 28.4. The van der Waals surface area contributed by atoms with Crippen molar-refractivity contribution in [2.75, 3.05) is 13.2 Å². The highest BCUT2D eigenvalue weighted by atomic mass is 16.5. The van der Waals surface area contributed by atoms with Crippen molar-refractivity contribution in [3.8, 4) is 5.88 Å². The smallest absolute Gasteiger partial charge is 0.352 e. The normalized spacial score (nSPS) is 33.2. The zero-order valence-corrected chi connectivity index (χ0v) is 9.97. The van der Waals surface area contributed by atoms with Gasteiger partial charge in [0.05, 0.1) is 18.3 Å². The summed E-state index contributed by atoms with van der Waals surface area (Å²) < 4.78 is 11.7. The summed E-state index contributed by atoms with van der Waals surface area (Å²) >= 11 is 0. The summed E-state index contributed by atoms with van der Waals surface area (Å²) in [6.07, 6.45) is -1.47. The van der Waals surface area contributed by atoms with E-state index in [1.807, 2.05) is 0 Å². The van der Waals surface area contributed by atoms with E-state index in [4.69, 9.17) is 14.6 Å². The first-order chi connectivity index (χ1) is 9.10. The van der Waals surface area contributed by atoms with Crippen molar-refractivity contribution in [3.05, 3.63) is 22.2 Å². The lowest BCUT2D eigenvalue weighted by Crippen LogP contribution is -2.28. The molecule has 19 heavy (non-hydrogen) atoms. The highest BCUT2D eigenvalue weighted by Gasteiger charge is 2.36. The molecule has 0 radical (unpaired) electrons. The van der Waals surface area contributed by atoms with Gasteiger partial charge in [-0.2, -0.15) is 4.98 Å². The Balaban J connectivity index is 1.94. The summed E-state index contributed by atoms with van der Waals surface area (Å²) in [5.74, 6) is 0.131. The van der Waals surface area contributed by atoms with Crippen molar-refractivity contribution in [2.45, 2.75) is 31.0 Å². The summed E-state index contributed by atoms with van der Waals surface area (Å²) in [6.45, 7) is -0.254. The van der Waals surface area contributed by atoms with E-state index >= 15 is 0 Å². The van der Waals surface area contributed by atoms with E-state index in [0.717, 1.165) is 0 Å². The maximum atomic E-state index is 11.8. The predicted molar refractivity (Wildman–Crippen MR) is 60.6 cm³/mol. The van der Waals surface area contributed by atoms with Gasteiger partial charge in [-0.1, -0.05) is 0 Å². The lowest BCUT2D eigenvalue weighted by Gasteiger charge is -2.15. The van der Waals surface area contributed by atoms with Crippen LogP contribution in [0.15, 0.2) is 11.0 Å². The highest BCUT2D eigenvalue weighted by Crippen LogP contribution is 2.32. The highest BCUT2D eigenvalue weighted by molar-refractivity contribution is 5.29. The second kappa shape index (κ2) is 4.57. The number of rotatable bonds is 2. The summed E-state index contributed by atoms with van der Waals surface area (Å²) in [4.78, 5) is 15.6. The van der Waals surface area contributed by atoms with Crippen LogP contribution in [0.1, 0.15) is 24.3 Å². The Labute approximate surface area is 107 Å². The fraction of sp³-hybridized carbons (Fsp3) is 0.636. The molecule has 1 aromatic heterocycles. The van der Waals surface area contributed by atoms with Gasteiger partial charge in [0.25, 0.3) is 0 Å². The van der Waals surface area contributed by atoms with Gasteiger partial charge in [-0.3, -0.25) is 4.57 Å². The summed E-state index contributed by atoms with van der Waals surface area (Å²) in [6, 6.07) is 0. The Kier molecular flexibility index (Phi) is 3.02. The van der Waals surface area contributed by atoms with Gasteiger partial charge < -0.3 is 24.8 Å². The van der Waals surface area contributed by atoms with Gasteiger partial charge in [0.1, 0.15) is 25.0 Å². The van der Waals surface area contributed by atoms with Crippen molar-refractivity contribution in [3.63, 3.8) is 0 Å². The topological polar surface area (TPSA) is 114 Å². The molecule has 0 bridgehead atoms. The molecule has 8 heteroatoms. The number of ether oxygens (including phenoxy) is 2. The SMILES string of the molecule is O=c1nc2c(cn1[C@H]1C[C@H](O)[C@@H](CO)O1)C(O)CO2. The largest absolute Gasteiger partial charge is 0.474 e. The van der Waals surface area contributed by atoms with Crippen LogP contribution in [0.2, 0.25) is 0 Å². The molecule has 3 heterocycles. The molecule has 0 aliphatic carbocycles. The maximum Gasteiger partial charge on any atom is 0.352 e. The molecule has 1 fully saturated rings. The monoisotopic (exact) mass is 270 g/mol. The molecule has 0 aromatic carbocycles. The molecule has 0 saturated carbocycles. The van der Waals surface area contributed by atoms with Gasteiger partial charge in [0.15, 0.2) is 0 Å². The first-order valence-corrected chi connectivity index (χ1v) is 5.98. The average Bonchev–Trinajstić information content (AvgIpc) is 2.92. The number of aliphatic hydroxyl groups excluding tert-OH is 3. The maximum absolute atomic E-state index is 11.8. The van der Waals surface area contributed by atoms with Crippen LogP contribution < -0.4 is 10.4 Å². The number of hydrogen-bond acceptors (Lipinski definition) is 7. The predicted octanol–water partition coefficient (Wildman–Crippen LogP) is -1.69. The van der Waals surface area contributed by atoms with Crippen molar-refractivity contribution in [1.82, 2.24) is 9.55 Å². The van der Waals surface area contributed by atoms with Gasteiger partial charge in [0, 0.05) is 12.6 Å². The Hall–Kier alpha value is -1.48. The summed E-state index contributed by atoms with van der Waals surface area (Å²) in [5.41, 5.74) is -0.159. The fourth-order valence-electron chi connectivity index (χ4n) is 2.32. The van der Waals surface area contributed by atoms with Gasteiger partial charge in [-0.05, 0) is 0 Å². The van der Waals surface area contributed by atoms with Crippen LogP contribution in [0.3, 0.4) is 0 Å². The van der Waals surface area contributed by atoms with E-state index in [1.165, 1.54) is 10.8 Å². The molecule has 3 N–H and O–H groups in total. The number of aliphatic hydroxyl groups is 3. The minimum atomic E-state index is -0.837. The van der Waals surface area contributed by atoms with E-state index in [0.29, 0.717) is 5.56 Å². The standard InChI is InChI=1S/C11H14N2O6/c14-3-8-6(15)1-9(19-8)13-2-5-7(16)4-18-10(5)12-11(13)17/h2,6-9,14-16H,1,3-4H2/t6-,7?,8+,9+/m0/s1. The van der Waals surface area contributed by atoms with Crippen LogP contribution >= 0.6 is 0 Å². The number of fused-ring (bicyclic) bond motifs is 1. The van der Waals surface area contributed by atoms with Crippen LogP contribution in [0.4, 0.5) is 0 Å². The molecule has 0 amide bonds. The number of nitrogens with zero attached hydrogens (tertiary/aromatic N) is 2. The van der Waals surface area contributed by atoms with Crippen molar-refractivity contribution in [1.29, 1.82) is 0 Å². The van der Waals surface area contributed by atoms with Gasteiger partial charge in [0.2, 0.25) is 5.88 Å². The Morgan fingerprint density at radius 3 is 2.95 bits per heavy atom. The second-order valence-electron chi connectivity index (χ2n) is 4.63. The van der Waals surface area contributed by atoms with Crippen LogP contribution in [-0.4, -0.2) is 50.3 Å². The number of aromatic nitrogens is 2. The van der Waals surface area contributed by atoms with E-state index in [1.54, 1.807) is 0 Å². The van der Waals surface area contributed by atoms with Crippen LogP contribution in [0, 0.1) is 0 Å². The van der Waals surface area contributed by atoms with Gasteiger partial charge in [-0.15, -0.1) is 0 Å². The molecule has 2 aliphatic rings. The van der Waals surface area contributed by atoms with Gasteiger partial charge >= 0.3 is 5.69 Å². The van der Waals surface area contributed by atoms with E-state index < -0.39 is 30.2 Å². The van der Waals surface area contributed by atoms with Crippen LogP contribution in [0.25, 0.3) is 0 Å². The third-order valence-corrected chi connectivity index (χ3v) is 3.37. The van der Waals surface area contributed by atoms with Gasteiger partial charge in [-0.25, -0.2) is 4.79 Å². The van der Waals surface area contributed by atoms with Crippen LogP contribution in [-0.2, 0) is 4.74 Å². The molecule has 2 aliphatic heterocycles. The molecule has 3 rings (SSSR count). The Morgan fingerprint density at radius 1 is 1.47 bits per heavy atom. The molecule has 8 nitrogen and oxygen atoms in total. The molecule has 1 saturated heterocycles. The minimum absolute atomic E-state index is 0.0687. The van der Waals surface area contributed by atoms with E-state index in [2.05, 4.69) is 4.98 Å². The van der Waals surface area contributed by atoms with E-state index in [9.17, 15) is 15.0 Å². The van der Waals surface area contributed by atoms with Crippen molar-refractivity contribution in [2.24, 2.45) is 0 Å². The lowest BCUT2D eigenvalue weighted by atomic mass is 10.2. The molecule has 4 atom stereocenters. The first kappa shape index (κ1) is 12.5. The molecular formula is C11H14N2O6. The van der Waals surface area contributed by atoms with Crippen molar-refractivity contribution < 1.29 is 24.8 Å². The zero-order chi connectivity index (χ0) is 13.6. The molecular weight excluding hydrogens is 256 g/mol. The Bertz CT molecular complexity index is 544. The van der Waals surface area contributed by atoms with Crippen LogP contribution in [0.5, 0.6) is 5.88 Å². The third-order valence-electron chi connectivity index (χ3n) is 3.37. The lowest BCUT2D eigenvalue weighted by molar-refractivity contribution is -0.0460. The second-order valence-corrected chi connectivity index (χ2v) is 4.63. The first-order valence-electron chi connectivity index (χ1n) is 5.98. The minimum Gasteiger partial charge on any atom is -0.474 e. The molecule has 1 aromatic rings.